The second-order valence-corrected chi connectivity index (χ2v) is 4.91. The van der Waals surface area contributed by atoms with E-state index in [0.29, 0.717) is 6.04 Å². The van der Waals surface area contributed by atoms with Crippen LogP contribution in [0.25, 0.3) is 0 Å². The average molecular weight is 261 g/mol. The Hall–Kier alpha value is -1.55. The van der Waals surface area contributed by atoms with Crippen LogP contribution in [0, 0.1) is 0 Å². The molecular formula is C15H23N3O. The third-order valence-electron chi connectivity index (χ3n) is 3.58. The number of anilines is 1. The fourth-order valence-electron chi connectivity index (χ4n) is 2.63. The molecule has 1 aliphatic rings. The SMILES string of the molecule is CCCNC1CCCN(C(=O)NC)c2ccccc21. The number of nitrogens with one attached hydrogen (secondary N) is 2. The zero-order chi connectivity index (χ0) is 13.7. The van der Waals surface area contributed by atoms with Crippen molar-refractivity contribution in [1.82, 2.24) is 10.6 Å². The van der Waals surface area contributed by atoms with Crippen LogP contribution in [0.4, 0.5) is 10.5 Å². The van der Waals surface area contributed by atoms with E-state index in [0.717, 1.165) is 38.0 Å². The highest BCUT2D eigenvalue weighted by atomic mass is 16.2. The molecule has 0 saturated heterocycles. The van der Waals surface area contributed by atoms with Crippen LogP contribution in [0.2, 0.25) is 0 Å². The Kier molecular flexibility index (Phi) is 4.80. The summed E-state index contributed by atoms with van der Waals surface area (Å²) in [6.07, 6.45) is 3.21. The van der Waals surface area contributed by atoms with Gasteiger partial charge in [0.25, 0.3) is 0 Å². The first-order valence-electron chi connectivity index (χ1n) is 7.09. The lowest BCUT2D eigenvalue weighted by atomic mass is 10.0. The molecule has 0 aromatic heterocycles. The van der Waals surface area contributed by atoms with E-state index < -0.39 is 0 Å². The van der Waals surface area contributed by atoms with Gasteiger partial charge in [-0.1, -0.05) is 25.1 Å². The van der Waals surface area contributed by atoms with Gasteiger partial charge in [0, 0.05) is 19.6 Å². The van der Waals surface area contributed by atoms with Gasteiger partial charge in [-0.25, -0.2) is 4.79 Å². The number of amides is 2. The van der Waals surface area contributed by atoms with Crippen LogP contribution in [0.3, 0.4) is 0 Å². The predicted molar refractivity (Wildman–Crippen MR) is 78.5 cm³/mol. The fraction of sp³-hybridized carbons (Fsp3) is 0.533. The van der Waals surface area contributed by atoms with Gasteiger partial charge in [0.15, 0.2) is 0 Å². The Labute approximate surface area is 115 Å². The molecule has 4 heteroatoms. The molecule has 0 aliphatic carbocycles. The lowest BCUT2D eigenvalue weighted by Crippen LogP contribution is -2.38. The van der Waals surface area contributed by atoms with Crippen LogP contribution in [-0.2, 0) is 0 Å². The molecule has 19 heavy (non-hydrogen) atoms. The zero-order valence-electron chi connectivity index (χ0n) is 11.8. The maximum Gasteiger partial charge on any atom is 0.321 e. The number of fused-ring (bicyclic) bond motifs is 1. The summed E-state index contributed by atoms with van der Waals surface area (Å²) in [6.45, 7) is 3.96. The first-order valence-corrected chi connectivity index (χ1v) is 7.09. The number of rotatable bonds is 3. The Morgan fingerprint density at radius 3 is 2.95 bits per heavy atom. The minimum absolute atomic E-state index is 0.0245. The Balaban J connectivity index is 2.31. The van der Waals surface area contributed by atoms with E-state index in [-0.39, 0.29) is 6.03 Å². The minimum Gasteiger partial charge on any atom is -0.341 e. The van der Waals surface area contributed by atoms with Gasteiger partial charge in [0.2, 0.25) is 0 Å². The van der Waals surface area contributed by atoms with Crippen LogP contribution in [-0.4, -0.2) is 26.2 Å². The highest BCUT2D eigenvalue weighted by Crippen LogP contribution is 2.32. The van der Waals surface area contributed by atoms with Crippen LogP contribution >= 0.6 is 0 Å². The summed E-state index contributed by atoms with van der Waals surface area (Å²) in [5, 5.41) is 6.31. The Morgan fingerprint density at radius 1 is 1.42 bits per heavy atom. The molecule has 2 amide bonds. The van der Waals surface area contributed by atoms with Crippen molar-refractivity contribution < 1.29 is 4.79 Å². The molecule has 1 atom stereocenters. The first-order chi connectivity index (χ1) is 9.27. The predicted octanol–water partition coefficient (Wildman–Crippen LogP) is 2.67. The molecule has 1 aromatic carbocycles. The monoisotopic (exact) mass is 261 g/mol. The smallest absolute Gasteiger partial charge is 0.321 e. The third kappa shape index (κ3) is 3.07. The molecule has 2 N–H and O–H groups in total. The number of hydrogen-bond acceptors (Lipinski definition) is 2. The van der Waals surface area contributed by atoms with Crippen molar-refractivity contribution in [1.29, 1.82) is 0 Å². The van der Waals surface area contributed by atoms with Gasteiger partial charge < -0.3 is 10.6 Å². The number of benzene rings is 1. The van der Waals surface area contributed by atoms with E-state index in [2.05, 4.69) is 23.6 Å². The van der Waals surface area contributed by atoms with Gasteiger partial charge in [-0.15, -0.1) is 0 Å². The van der Waals surface area contributed by atoms with E-state index in [1.54, 1.807) is 7.05 Å². The summed E-state index contributed by atoms with van der Waals surface area (Å²) >= 11 is 0. The molecule has 0 bridgehead atoms. The molecule has 4 nitrogen and oxygen atoms in total. The standard InChI is InChI=1S/C15H23N3O/c1-3-10-17-13-8-6-11-18(15(19)16-2)14-9-5-4-7-12(13)14/h4-5,7,9,13,17H,3,6,8,10-11H2,1-2H3,(H,16,19). The molecule has 2 rings (SSSR count). The van der Waals surface area contributed by atoms with Crippen molar-refractivity contribution in [2.24, 2.45) is 0 Å². The number of urea groups is 1. The Bertz CT molecular complexity index is 433. The van der Waals surface area contributed by atoms with Gasteiger partial charge in [0.1, 0.15) is 0 Å². The number of carbonyl (C=O) groups is 1. The molecule has 1 unspecified atom stereocenters. The lowest BCUT2D eigenvalue weighted by Gasteiger charge is -2.24. The summed E-state index contributed by atoms with van der Waals surface area (Å²) in [7, 11) is 1.68. The van der Waals surface area contributed by atoms with Gasteiger partial charge in [-0.05, 0) is 37.4 Å². The second-order valence-electron chi connectivity index (χ2n) is 4.91. The fourth-order valence-corrected chi connectivity index (χ4v) is 2.63. The quantitative estimate of drug-likeness (QED) is 0.878. The van der Waals surface area contributed by atoms with E-state index in [1.807, 2.05) is 23.1 Å². The van der Waals surface area contributed by atoms with Crippen molar-refractivity contribution in [2.45, 2.75) is 32.2 Å². The molecule has 1 aromatic rings. The summed E-state index contributed by atoms with van der Waals surface area (Å²) in [5.74, 6) is 0. The van der Waals surface area contributed by atoms with Crippen LogP contribution < -0.4 is 15.5 Å². The van der Waals surface area contributed by atoms with Crippen molar-refractivity contribution >= 4 is 11.7 Å². The molecule has 0 radical (unpaired) electrons. The van der Waals surface area contributed by atoms with E-state index in [1.165, 1.54) is 5.56 Å². The Morgan fingerprint density at radius 2 is 2.21 bits per heavy atom. The lowest BCUT2D eigenvalue weighted by molar-refractivity contribution is 0.248. The molecule has 1 aliphatic heterocycles. The van der Waals surface area contributed by atoms with Gasteiger partial charge in [0.05, 0.1) is 5.69 Å². The molecular weight excluding hydrogens is 238 g/mol. The number of carbonyl (C=O) groups excluding carboxylic acids is 1. The first kappa shape index (κ1) is 13.9. The number of para-hydroxylation sites is 1. The molecule has 1 heterocycles. The maximum absolute atomic E-state index is 12.0. The largest absolute Gasteiger partial charge is 0.341 e. The van der Waals surface area contributed by atoms with Crippen molar-refractivity contribution in [3.8, 4) is 0 Å². The third-order valence-corrected chi connectivity index (χ3v) is 3.58. The normalized spacial score (nSPS) is 18.6. The molecule has 0 fully saturated rings. The topological polar surface area (TPSA) is 44.4 Å². The van der Waals surface area contributed by atoms with Crippen molar-refractivity contribution in [3.63, 3.8) is 0 Å². The summed E-state index contributed by atoms with van der Waals surface area (Å²) in [5.41, 5.74) is 2.27. The molecule has 0 saturated carbocycles. The van der Waals surface area contributed by atoms with E-state index in [9.17, 15) is 4.79 Å². The van der Waals surface area contributed by atoms with Crippen molar-refractivity contribution in [3.05, 3.63) is 29.8 Å². The van der Waals surface area contributed by atoms with Crippen molar-refractivity contribution in [2.75, 3.05) is 25.0 Å². The summed E-state index contributed by atoms with van der Waals surface area (Å²) < 4.78 is 0. The van der Waals surface area contributed by atoms with Gasteiger partial charge in [-0.3, -0.25) is 4.90 Å². The van der Waals surface area contributed by atoms with Gasteiger partial charge >= 0.3 is 6.03 Å². The van der Waals surface area contributed by atoms with Crippen LogP contribution in [0.15, 0.2) is 24.3 Å². The average Bonchev–Trinajstić information content (AvgIpc) is 2.64. The summed E-state index contributed by atoms with van der Waals surface area (Å²) in [6, 6.07) is 8.54. The minimum atomic E-state index is -0.0245. The second kappa shape index (κ2) is 6.57. The highest BCUT2D eigenvalue weighted by molar-refractivity contribution is 5.92. The summed E-state index contributed by atoms with van der Waals surface area (Å²) in [4.78, 5) is 13.8. The van der Waals surface area contributed by atoms with Crippen LogP contribution in [0.5, 0.6) is 0 Å². The molecule has 0 spiro atoms. The maximum atomic E-state index is 12.0. The van der Waals surface area contributed by atoms with Gasteiger partial charge in [-0.2, -0.15) is 0 Å². The molecule has 104 valence electrons. The number of hydrogen-bond donors (Lipinski definition) is 2. The zero-order valence-corrected chi connectivity index (χ0v) is 11.8. The van der Waals surface area contributed by atoms with Crippen LogP contribution in [0.1, 0.15) is 37.8 Å². The van der Waals surface area contributed by atoms with E-state index in [4.69, 9.17) is 0 Å². The number of nitrogens with zero attached hydrogens (tertiary/aromatic N) is 1. The highest BCUT2D eigenvalue weighted by Gasteiger charge is 2.25. The van der Waals surface area contributed by atoms with E-state index >= 15 is 0 Å².